The third kappa shape index (κ3) is 5.17. The molecule has 1 heterocycles. The average molecular weight is 475 g/mol. The maximum atomic E-state index is 12.4. The van der Waals surface area contributed by atoms with Crippen molar-refractivity contribution >= 4 is 48.5 Å². The summed E-state index contributed by atoms with van der Waals surface area (Å²) in [6.07, 6.45) is 1.10. The number of hydrogen-bond donors (Lipinski definition) is 1. The van der Waals surface area contributed by atoms with Gasteiger partial charge in [0.2, 0.25) is 0 Å². The number of rotatable bonds is 7. The number of nitrogens with one attached hydrogen (secondary N) is 1. The quantitative estimate of drug-likeness (QED) is 0.400. The highest BCUT2D eigenvalue weighted by Gasteiger charge is 2.14. The van der Waals surface area contributed by atoms with E-state index in [2.05, 4.69) is 72.1 Å². The Labute approximate surface area is 184 Å². The second-order valence-corrected chi connectivity index (χ2v) is 9.57. The molecule has 0 aliphatic rings. The highest BCUT2D eigenvalue weighted by Crippen LogP contribution is 2.33. The van der Waals surface area contributed by atoms with Crippen LogP contribution in [0.3, 0.4) is 0 Å². The highest BCUT2D eigenvalue weighted by molar-refractivity contribution is 9.10. The monoisotopic (exact) mass is 474 g/mol. The van der Waals surface area contributed by atoms with E-state index in [-0.39, 0.29) is 12.5 Å². The fourth-order valence-corrected chi connectivity index (χ4v) is 4.37. The number of ether oxygens (including phenoxy) is 1. The molecule has 0 radical (unpaired) electrons. The van der Waals surface area contributed by atoms with Crippen LogP contribution in [0.15, 0.2) is 34.8 Å². The third-order valence-electron chi connectivity index (χ3n) is 5.11. The molecule has 1 aromatic heterocycles. The van der Waals surface area contributed by atoms with E-state index in [4.69, 9.17) is 4.74 Å². The minimum absolute atomic E-state index is 0.0468. The summed E-state index contributed by atoms with van der Waals surface area (Å²) in [5.74, 6) is 1.35. The van der Waals surface area contributed by atoms with Gasteiger partial charge >= 0.3 is 0 Å². The lowest BCUT2D eigenvalue weighted by Crippen LogP contribution is -2.20. The molecule has 1 atom stereocenters. The zero-order chi connectivity index (χ0) is 21.1. The fraction of sp³-hybridized carbons (Fsp3) is 0.391. The van der Waals surface area contributed by atoms with Gasteiger partial charge in [0.25, 0.3) is 5.91 Å². The standard InChI is InChI=1S/C23H27BrN2O2S/c1-6-14(4)16-7-8-19-21(10-16)29-23(25-19)26-22(27)12-28-20-9-15(5)18(24)11-17(20)13(2)3/h7-11,13-14H,6,12H2,1-5H3,(H,25,26,27). The Hall–Kier alpha value is -1.92. The first-order valence-electron chi connectivity index (χ1n) is 9.91. The minimum atomic E-state index is -0.207. The number of hydrogen-bond acceptors (Lipinski definition) is 4. The summed E-state index contributed by atoms with van der Waals surface area (Å²) in [6, 6.07) is 10.4. The predicted octanol–water partition coefficient (Wildman–Crippen LogP) is 7.02. The Bertz CT molecular complexity index is 1030. The summed E-state index contributed by atoms with van der Waals surface area (Å²) in [7, 11) is 0. The Morgan fingerprint density at radius 3 is 2.69 bits per heavy atom. The number of anilines is 1. The number of amides is 1. The van der Waals surface area contributed by atoms with Gasteiger partial charge in [0.05, 0.1) is 10.2 Å². The molecule has 0 fully saturated rings. The van der Waals surface area contributed by atoms with Gasteiger partial charge in [-0.05, 0) is 66.1 Å². The lowest BCUT2D eigenvalue weighted by molar-refractivity contribution is -0.118. The smallest absolute Gasteiger partial charge is 0.264 e. The first kappa shape index (κ1) is 21.8. The molecule has 2 aromatic carbocycles. The number of nitrogens with zero attached hydrogens (tertiary/aromatic N) is 1. The molecule has 3 rings (SSSR count). The molecule has 3 aromatic rings. The summed E-state index contributed by atoms with van der Waals surface area (Å²) >= 11 is 5.06. The van der Waals surface area contributed by atoms with Crippen LogP contribution in [-0.2, 0) is 4.79 Å². The van der Waals surface area contributed by atoms with Crippen LogP contribution in [-0.4, -0.2) is 17.5 Å². The van der Waals surface area contributed by atoms with Crippen LogP contribution in [0, 0.1) is 6.92 Å². The molecule has 0 saturated heterocycles. The summed E-state index contributed by atoms with van der Waals surface area (Å²) in [5.41, 5.74) is 4.36. The maximum absolute atomic E-state index is 12.4. The summed E-state index contributed by atoms with van der Waals surface area (Å²) in [6.45, 7) is 10.6. The number of carbonyl (C=O) groups excluding carboxylic acids is 1. The van der Waals surface area contributed by atoms with Crippen LogP contribution in [0.2, 0.25) is 0 Å². The molecule has 0 aliphatic heterocycles. The summed E-state index contributed by atoms with van der Waals surface area (Å²) in [4.78, 5) is 17.0. The minimum Gasteiger partial charge on any atom is -0.483 e. The number of thiazole rings is 1. The van der Waals surface area contributed by atoms with Gasteiger partial charge in [0.15, 0.2) is 11.7 Å². The fourth-order valence-electron chi connectivity index (χ4n) is 3.08. The number of halogens is 1. The molecule has 154 valence electrons. The van der Waals surface area contributed by atoms with Crippen LogP contribution in [0.5, 0.6) is 5.75 Å². The van der Waals surface area contributed by atoms with Gasteiger partial charge in [0.1, 0.15) is 5.75 Å². The van der Waals surface area contributed by atoms with Gasteiger partial charge in [-0.15, -0.1) is 0 Å². The Morgan fingerprint density at radius 2 is 2.00 bits per heavy atom. The molecule has 1 amide bonds. The van der Waals surface area contributed by atoms with Gasteiger partial charge in [-0.3, -0.25) is 10.1 Å². The van der Waals surface area contributed by atoms with Gasteiger partial charge in [-0.2, -0.15) is 0 Å². The molecule has 1 unspecified atom stereocenters. The van der Waals surface area contributed by atoms with E-state index in [0.717, 1.165) is 38.0 Å². The van der Waals surface area contributed by atoms with Crippen LogP contribution in [0.1, 0.15) is 62.6 Å². The van der Waals surface area contributed by atoms with Gasteiger partial charge in [0, 0.05) is 4.47 Å². The van der Waals surface area contributed by atoms with E-state index in [1.807, 2.05) is 19.1 Å². The van der Waals surface area contributed by atoms with E-state index < -0.39 is 0 Å². The van der Waals surface area contributed by atoms with Crippen LogP contribution in [0.4, 0.5) is 5.13 Å². The normalized spacial score (nSPS) is 12.4. The number of aromatic nitrogens is 1. The lowest BCUT2D eigenvalue weighted by atomic mass is 9.99. The molecular weight excluding hydrogens is 448 g/mol. The van der Waals surface area contributed by atoms with Crippen molar-refractivity contribution < 1.29 is 9.53 Å². The van der Waals surface area contributed by atoms with Crippen LogP contribution >= 0.6 is 27.3 Å². The van der Waals surface area contributed by atoms with Crippen molar-refractivity contribution in [3.05, 3.63) is 51.5 Å². The van der Waals surface area contributed by atoms with Crippen LogP contribution in [0.25, 0.3) is 10.2 Å². The second kappa shape index (κ2) is 9.26. The number of aryl methyl sites for hydroxylation is 1. The molecule has 0 spiro atoms. The zero-order valence-corrected chi connectivity index (χ0v) is 19.9. The molecule has 29 heavy (non-hydrogen) atoms. The predicted molar refractivity (Wildman–Crippen MR) is 125 cm³/mol. The summed E-state index contributed by atoms with van der Waals surface area (Å²) in [5, 5.41) is 3.48. The number of benzene rings is 2. The largest absolute Gasteiger partial charge is 0.483 e. The second-order valence-electron chi connectivity index (χ2n) is 7.69. The zero-order valence-electron chi connectivity index (χ0n) is 17.5. The topological polar surface area (TPSA) is 51.2 Å². The maximum Gasteiger partial charge on any atom is 0.264 e. The van der Waals surface area contributed by atoms with E-state index in [1.165, 1.54) is 16.9 Å². The van der Waals surface area contributed by atoms with Gasteiger partial charge in [-0.25, -0.2) is 4.98 Å². The molecule has 6 heteroatoms. The van der Waals surface area contributed by atoms with Crippen LogP contribution < -0.4 is 10.1 Å². The first-order chi connectivity index (χ1) is 13.8. The Balaban J connectivity index is 1.69. The molecule has 0 bridgehead atoms. The van der Waals surface area contributed by atoms with Gasteiger partial charge in [-0.1, -0.05) is 61.0 Å². The Morgan fingerprint density at radius 1 is 1.24 bits per heavy atom. The molecule has 0 aliphatic carbocycles. The molecule has 0 saturated carbocycles. The van der Waals surface area contributed by atoms with Crippen molar-refractivity contribution in [3.8, 4) is 5.75 Å². The van der Waals surface area contributed by atoms with E-state index in [1.54, 1.807) is 0 Å². The first-order valence-corrected chi connectivity index (χ1v) is 11.5. The van der Waals surface area contributed by atoms with E-state index >= 15 is 0 Å². The third-order valence-corrected chi connectivity index (χ3v) is 6.90. The molecule has 1 N–H and O–H groups in total. The van der Waals surface area contributed by atoms with Crippen molar-refractivity contribution in [2.45, 2.75) is 52.9 Å². The average Bonchev–Trinajstić information content (AvgIpc) is 3.08. The summed E-state index contributed by atoms with van der Waals surface area (Å²) < 4.78 is 7.98. The molecule has 4 nitrogen and oxygen atoms in total. The lowest BCUT2D eigenvalue weighted by Gasteiger charge is -2.15. The van der Waals surface area contributed by atoms with E-state index in [0.29, 0.717) is 17.0 Å². The van der Waals surface area contributed by atoms with Crippen molar-refractivity contribution in [2.24, 2.45) is 0 Å². The SMILES string of the molecule is CCC(C)c1ccc2nc(NC(=O)COc3cc(C)c(Br)cc3C(C)C)sc2c1. The van der Waals surface area contributed by atoms with Crippen molar-refractivity contribution in [3.63, 3.8) is 0 Å². The van der Waals surface area contributed by atoms with Crippen molar-refractivity contribution in [1.82, 2.24) is 4.98 Å². The Kier molecular flexibility index (Phi) is 6.96. The number of carbonyl (C=O) groups is 1. The van der Waals surface area contributed by atoms with Crippen molar-refractivity contribution in [1.29, 1.82) is 0 Å². The van der Waals surface area contributed by atoms with Crippen molar-refractivity contribution in [2.75, 3.05) is 11.9 Å². The van der Waals surface area contributed by atoms with Gasteiger partial charge < -0.3 is 4.74 Å². The number of fused-ring (bicyclic) bond motifs is 1. The van der Waals surface area contributed by atoms with E-state index in [9.17, 15) is 4.79 Å². The molecular formula is C23H27BrN2O2S. The highest BCUT2D eigenvalue weighted by atomic mass is 79.9.